The molecule has 0 aliphatic rings. The van der Waals surface area contributed by atoms with E-state index in [1.54, 1.807) is 37.7 Å². The summed E-state index contributed by atoms with van der Waals surface area (Å²) >= 11 is 0. The summed E-state index contributed by atoms with van der Waals surface area (Å²) < 4.78 is 5.15. The molecule has 12 heavy (non-hydrogen) atoms. The van der Waals surface area contributed by atoms with Crippen molar-refractivity contribution in [3.05, 3.63) is 24.2 Å². The molecule has 0 aliphatic heterocycles. The van der Waals surface area contributed by atoms with Crippen molar-refractivity contribution in [3.8, 4) is 0 Å². The molecular weight excluding hydrogens is 212 g/mol. The Balaban J connectivity index is 1.96. The highest BCUT2D eigenvalue weighted by Crippen LogP contribution is 2.36. The molecule has 5 heteroatoms. The van der Waals surface area contributed by atoms with Crippen LogP contribution < -0.4 is 0 Å². The number of hydrogen-bond acceptors (Lipinski definition) is 5. The molecule has 0 saturated heterocycles. The Kier molecular flexibility index (Phi) is 5.85. The molecule has 0 aliphatic carbocycles. The fourth-order valence-electron chi connectivity index (χ4n) is 0.582. The minimum absolute atomic E-state index is 0.249. The number of furan rings is 1. The van der Waals surface area contributed by atoms with Crippen LogP contribution in [0.3, 0.4) is 0 Å². The standard InChI is InChI=1S/C7H10O2S3/c8-3-5-10-12-11-6-7-2-1-4-9-7/h1-2,4,8H,3,5-6H2. The molecule has 0 amide bonds. The van der Waals surface area contributed by atoms with Crippen LogP contribution in [0.15, 0.2) is 22.8 Å². The Morgan fingerprint density at radius 1 is 1.42 bits per heavy atom. The summed E-state index contributed by atoms with van der Waals surface area (Å²) in [6.07, 6.45) is 1.68. The van der Waals surface area contributed by atoms with Crippen LogP contribution in [0.25, 0.3) is 0 Å². The van der Waals surface area contributed by atoms with Gasteiger partial charge in [-0.1, -0.05) is 21.6 Å². The van der Waals surface area contributed by atoms with E-state index < -0.39 is 0 Å². The fraction of sp³-hybridized carbons (Fsp3) is 0.429. The van der Waals surface area contributed by atoms with Gasteiger partial charge in [0, 0.05) is 5.75 Å². The van der Waals surface area contributed by atoms with E-state index in [4.69, 9.17) is 9.52 Å². The zero-order chi connectivity index (χ0) is 8.65. The van der Waals surface area contributed by atoms with Crippen LogP contribution in [0.1, 0.15) is 5.76 Å². The second kappa shape index (κ2) is 6.77. The molecule has 0 atom stereocenters. The fourth-order valence-corrected chi connectivity index (χ4v) is 3.90. The molecule has 0 radical (unpaired) electrons. The molecule has 1 aromatic rings. The lowest BCUT2D eigenvalue weighted by Crippen LogP contribution is -1.80. The van der Waals surface area contributed by atoms with E-state index in [9.17, 15) is 0 Å². The monoisotopic (exact) mass is 222 g/mol. The van der Waals surface area contributed by atoms with Gasteiger partial charge in [-0.05, 0) is 22.0 Å². The molecule has 1 aromatic heterocycles. The van der Waals surface area contributed by atoms with Crippen molar-refractivity contribution < 1.29 is 9.52 Å². The second-order valence-electron chi connectivity index (χ2n) is 1.96. The molecule has 1 rings (SSSR count). The van der Waals surface area contributed by atoms with Gasteiger partial charge in [-0.3, -0.25) is 0 Å². The van der Waals surface area contributed by atoms with E-state index in [0.29, 0.717) is 0 Å². The lowest BCUT2D eigenvalue weighted by atomic mass is 10.5. The topological polar surface area (TPSA) is 33.4 Å². The first kappa shape index (κ1) is 10.4. The van der Waals surface area contributed by atoms with Crippen LogP contribution in [0, 0.1) is 0 Å². The van der Waals surface area contributed by atoms with E-state index in [1.165, 1.54) is 0 Å². The van der Waals surface area contributed by atoms with E-state index >= 15 is 0 Å². The van der Waals surface area contributed by atoms with E-state index in [2.05, 4.69) is 0 Å². The summed E-state index contributed by atoms with van der Waals surface area (Å²) in [4.78, 5) is 0. The van der Waals surface area contributed by atoms with Crippen molar-refractivity contribution in [2.45, 2.75) is 5.75 Å². The average molecular weight is 222 g/mol. The Bertz CT molecular complexity index is 189. The van der Waals surface area contributed by atoms with Crippen molar-refractivity contribution in [2.75, 3.05) is 12.4 Å². The Labute approximate surface area is 83.3 Å². The van der Waals surface area contributed by atoms with Crippen LogP contribution in [-0.2, 0) is 5.75 Å². The van der Waals surface area contributed by atoms with Gasteiger partial charge in [0.2, 0.25) is 0 Å². The molecule has 1 heterocycles. The second-order valence-corrected chi connectivity index (χ2v) is 6.31. The summed E-state index contributed by atoms with van der Waals surface area (Å²) in [6.45, 7) is 0.249. The van der Waals surface area contributed by atoms with Gasteiger partial charge < -0.3 is 9.52 Å². The van der Waals surface area contributed by atoms with Crippen LogP contribution in [-0.4, -0.2) is 17.5 Å². The molecular formula is C7H10O2S3. The summed E-state index contributed by atoms with van der Waals surface area (Å²) in [7, 11) is 5.08. The van der Waals surface area contributed by atoms with Gasteiger partial charge in [-0.2, -0.15) is 0 Å². The van der Waals surface area contributed by atoms with Crippen LogP contribution in [0.2, 0.25) is 0 Å². The Morgan fingerprint density at radius 3 is 3.00 bits per heavy atom. The Hall–Kier alpha value is 0.290. The quantitative estimate of drug-likeness (QED) is 0.591. The lowest BCUT2D eigenvalue weighted by Gasteiger charge is -1.95. The van der Waals surface area contributed by atoms with E-state index in [1.807, 2.05) is 12.1 Å². The zero-order valence-corrected chi connectivity index (χ0v) is 8.88. The summed E-state index contributed by atoms with van der Waals surface area (Å²) in [6, 6.07) is 3.85. The molecule has 0 unspecified atom stereocenters. The van der Waals surface area contributed by atoms with Gasteiger partial charge in [0.1, 0.15) is 5.76 Å². The summed E-state index contributed by atoms with van der Waals surface area (Å²) in [5.41, 5.74) is 0. The molecule has 1 N–H and O–H groups in total. The third-order valence-corrected chi connectivity index (χ3v) is 5.16. The van der Waals surface area contributed by atoms with Crippen molar-refractivity contribution in [1.29, 1.82) is 0 Å². The maximum atomic E-state index is 8.49. The predicted molar refractivity (Wildman–Crippen MR) is 57.1 cm³/mol. The van der Waals surface area contributed by atoms with Gasteiger partial charge in [-0.25, -0.2) is 0 Å². The smallest absolute Gasteiger partial charge is 0.114 e. The minimum atomic E-state index is 0.249. The highest BCUT2D eigenvalue weighted by atomic mass is 33.5. The first-order chi connectivity index (χ1) is 5.93. The lowest BCUT2D eigenvalue weighted by molar-refractivity contribution is 0.323. The van der Waals surface area contributed by atoms with Crippen LogP contribution in [0.4, 0.5) is 0 Å². The molecule has 0 saturated carbocycles. The molecule has 0 fully saturated rings. The third-order valence-electron chi connectivity index (χ3n) is 1.05. The van der Waals surface area contributed by atoms with Crippen LogP contribution >= 0.6 is 31.4 Å². The molecule has 0 bridgehead atoms. The molecule has 0 aromatic carbocycles. The minimum Gasteiger partial charge on any atom is -0.468 e. The SMILES string of the molecule is OCCSSSCc1ccco1. The van der Waals surface area contributed by atoms with Crippen molar-refractivity contribution >= 4 is 31.4 Å². The van der Waals surface area contributed by atoms with E-state index in [-0.39, 0.29) is 6.61 Å². The highest BCUT2D eigenvalue weighted by molar-refractivity contribution is 9.09. The van der Waals surface area contributed by atoms with Gasteiger partial charge >= 0.3 is 0 Å². The van der Waals surface area contributed by atoms with Crippen molar-refractivity contribution in [2.24, 2.45) is 0 Å². The zero-order valence-electron chi connectivity index (χ0n) is 6.43. The summed E-state index contributed by atoms with van der Waals surface area (Å²) in [5.74, 6) is 2.67. The van der Waals surface area contributed by atoms with Gasteiger partial charge in [0.25, 0.3) is 0 Å². The number of aliphatic hydroxyl groups excluding tert-OH is 1. The van der Waals surface area contributed by atoms with Crippen molar-refractivity contribution in [3.63, 3.8) is 0 Å². The average Bonchev–Trinajstić information content (AvgIpc) is 2.57. The largest absolute Gasteiger partial charge is 0.468 e. The van der Waals surface area contributed by atoms with Gasteiger partial charge in [-0.15, -0.1) is 0 Å². The van der Waals surface area contributed by atoms with Crippen LogP contribution in [0.5, 0.6) is 0 Å². The first-order valence-corrected chi connectivity index (χ1v) is 7.30. The normalized spacial score (nSPS) is 10.4. The maximum Gasteiger partial charge on any atom is 0.114 e. The first-order valence-electron chi connectivity index (χ1n) is 3.48. The third kappa shape index (κ3) is 4.35. The summed E-state index contributed by atoms with van der Waals surface area (Å²) in [5, 5.41) is 8.49. The number of rotatable bonds is 6. The molecule has 2 nitrogen and oxygen atoms in total. The molecule has 68 valence electrons. The van der Waals surface area contributed by atoms with E-state index in [0.717, 1.165) is 17.3 Å². The molecule has 0 spiro atoms. The van der Waals surface area contributed by atoms with Crippen molar-refractivity contribution in [1.82, 2.24) is 0 Å². The van der Waals surface area contributed by atoms with Gasteiger partial charge in [0.15, 0.2) is 0 Å². The maximum absolute atomic E-state index is 8.49. The number of hydrogen-bond donors (Lipinski definition) is 1. The predicted octanol–water partition coefficient (Wildman–Crippen LogP) is 2.80. The Morgan fingerprint density at radius 2 is 2.33 bits per heavy atom. The highest BCUT2D eigenvalue weighted by Gasteiger charge is 1.96. The number of aliphatic hydroxyl groups is 1. The van der Waals surface area contributed by atoms with Gasteiger partial charge in [0.05, 0.1) is 18.6 Å².